The molecule has 1 aliphatic heterocycles. The summed E-state index contributed by atoms with van der Waals surface area (Å²) in [5.41, 5.74) is -1.33. The Morgan fingerprint density at radius 1 is 1.09 bits per heavy atom. The van der Waals surface area contributed by atoms with Crippen LogP contribution in [0.4, 0.5) is 23.8 Å². The van der Waals surface area contributed by atoms with Gasteiger partial charge < -0.3 is 5.32 Å². The summed E-state index contributed by atoms with van der Waals surface area (Å²) in [7, 11) is 0. The van der Waals surface area contributed by atoms with Crippen LogP contribution in [-0.2, 0) is 6.18 Å². The minimum absolute atomic E-state index is 0.00183. The van der Waals surface area contributed by atoms with Gasteiger partial charge in [-0.3, -0.25) is 19.4 Å². The Morgan fingerprint density at radius 2 is 1.85 bits per heavy atom. The van der Waals surface area contributed by atoms with Crippen LogP contribution in [0.15, 0.2) is 42.6 Å². The first-order chi connectivity index (χ1) is 15.8. The summed E-state index contributed by atoms with van der Waals surface area (Å²) in [6, 6.07) is 6.66. The molecule has 0 bridgehead atoms. The van der Waals surface area contributed by atoms with Crippen molar-refractivity contribution < 1.29 is 27.6 Å². The summed E-state index contributed by atoms with van der Waals surface area (Å²) < 4.78 is 40.0. The number of halogens is 3. The molecule has 2 fully saturated rings. The molecule has 4 rings (SSSR count). The highest BCUT2D eigenvalue weighted by atomic mass is 19.4. The lowest BCUT2D eigenvalue weighted by atomic mass is 10.1. The van der Waals surface area contributed by atoms with Gasteiger partial charge in [0.15, 0.2) is 0 Å². The zero-order chi connectivity index (χ0) is 23.6. The molecule has 0 unspecified atom stereocenters. The normalized spacial score (nSPS) is 16.6. The molecule has 1 saturated carbocycles. The van der Waals surface area contributed by atoms with E-state index in [1.54, 1.807) is 0 Å². The number of benzene rings is 1. The minimum Gasteiger partial charge on any atom is -0.352 e. The molecule has 33 heavy (non-hydrogen) atoms. The molecule has 1 aromatic heterocycles. The average molecular weight is 460 g/mol. The van der Waals surface area contributed by atoms with Crippen LogP contribution in [0.25, 0.3) is 0 Å². The predicted molar refractivity (Wildman–Crippen MR) is 114 cm³/mol. The number of pyridine rings is 1. The number of nitrogens with one attached hydrogen (secondary N) is 1. The number of carbonyl (C=O) groups is 3. The number of rotatable bonds is 6. The van der Waals surface area contributed by atoms with Crippen LogP contribution in [-0.4, -0.2) is 47.4 Å². The first-order valence-electron chi connectivity index (χ1n) is 10.8. The topological polar surface area (TPSA) is 82.6 Å². The number of amides is 4. The standard InChI is InChI=1S/C23H23F3N4O3/c24-23(25,26)18-5-2-1-4-17(18)21(32)30-13-3-12-29(22(30)33)19-9-8-16(14-28-19)20(31)27-11-10-15-6-7-15/h1-2,4-5,8-9,14-15H,3,6-7,10-13H2,(H,27,31). The van der Waals surface area contributed by atoms with E-state index in [4.69, 9.17) is 0 Å². The number of hydrogen-bond donors (Lipinski definition) is 1. The van der Waals surface area contributed by atoms with Gasteiger partial charge in [-0.15, -0.1) is 0 Å². The molecular formula is C23H23F3N4O3. The Labute approximate surface area is 188 Å². The lowest BCUT2D eigenvalue weighted by Crippen LogP contribution is -2.52. The SMILES string of the molecule is O=C(NCCC1CC1)c1ccc(N2CCCN(C(=O)c3ccccc3C(F)(F)F)C2=O)nc1. The van der Waals surface area contributed by atoms with Crippen molar-refractivity contribution in [1.82, 2.24) is 15.2 Å². The van der Waals surface area contributed by atoms with Crippen molar-refractivity contribution in [2.24, 2.45) is 5.92 Å². The van der Waals surface area contributed by atoms with Crippen LogP contribution in [0.2, 0.25) is 0 Å². The van der Waals surface area contributed by atoms with E-state index in [1.807, 2.05) is 0 Å². The van der Waals surface area contributed by atoms with Gasteiger partial charge in [-0.05, 0) is 43.0 Å². The summed E-state index contributed by atoms with van der Waals surface area (Å²) >= 11 is 0. The number of nitrogens with zero attached hydrogens (tertiary/aromatic N) is 3. The van der Waals surface area contributed by atoms with Gasteiger partial charge in [-0.2, -0.15) is 13.2 Å². The van der Waals surface area contributed by atoms with Crippen LogP contribution in [0.5, 0.6) is 0 Å². The molecule has 1 aliphatic carbocycles. The number of carbonyl (C=O) groups excluding carboxylic acids is 3. The fraction of sp³-hybridized carbons (Fsp3) is 0.391. The second kappa shape index (κ2) is 9.21. The van der Waals surface area contributed by atoms with Crippen molar-refractivity contribution in [3.8, 4) is 0 Å². The molecule has 1 saturated heterocycles. The second-order valence-electron chi connectivity index (χ2n) is 8.18. The van der Waals surface area contributed by atoms with Crippen LogP contribution in [0, 0.1) is 5.92 Å². The molecule has 1 aromatic carbocycles. The van der Waals surface area contributed by atoms with E-state index in [-0.39, 0.29) is 24.8 Å². The fourth-order valence-corrected chi connectivity index (χ4v) is 3.77. The molecule has 7 nitrogen and oxygen atoms in total. The zero-order valence-corrected chi connectivity index (χ0v) is 17.8. The van der Waals surface area contributed by atoms with Gasteiger partial charge in [-0.1, -0.05) is 25.0 Å². The first kappa shape index (κ1) is 22.8. The van der Waals surface area contributed by atoms with Gasteiger partial charge >= 0.3 is 12.2 Å². The Bertz CT molecular complexity index is 1050. The van der Waals surface area contributed by atoms with Crippen molar-refractivity contribution >= 4 is 23.7 Å². The Kier molecular flexibility index (Phi) is 6.35. The van der Waals surface area contributed by atoms with Crippen molar-refractivity contribution in [3.05, 3.63) is 59.3 Å². The molecule has 10 heteroatoms. The number of hydrogen-bond acceptors (Lipinski definition) is 4. The predicted octanol–water partition coefficient (Wildman–Crippen LogP) is 4.10. The number of anilines is 1. The zero-order valence-electron chi connectivity index (χ0n) is 17.8. The molecule has 2 heterocycles. The van der Waals surface area contributed by atoms with Gasteiger partial charge in [0.25, 0.3) is 11.8 Å². The van der Waals surface area contributed by atoms with Gasteiger partial charge in [0, 0.05) is 25.8 Å². The Hall–Kier alpha value is -3.43. The minimum atomic E-state index is -4.72. The molecule has 0 radical (unpaired) electrons. The highest BCUT2D eigenvalue weighted by Gasteiger charge is 2.39. The van der Waals surface area contributed by atoms with E-state index in [1.165, 1.54) is 48.2 Å². The third kappa shape index (κ3) is 5.15. The number of aromatic nitrogens is 1. The van der Waals surface area contributed by atoms with Gasteiger partial charge in [0.1, 0.15) is 5.82 Å². The average Bonchev–Trinajstić information content (AvgIpc) is 3.63. The summed E-state index contributed by atoms with van der Waals surface area (Å²) in [5.74, 6) is -0.356. The van der Waals surface area contributed by atoms with Gasteiger partial charge in [0.05, 0.1) is 16.7 Å². The molecule has 2 aliphatic rings. The number of urea groups is 1. The third-order valence-electron chi connectivity index (χ3n) is 5.75. The largest absolute Gasteiger partial charge is 0.417 e. The molecule has 174 valence electrons. The molecular weight excluding hydrogens is 437 g/mol. The van der Waals surface area contributed by atoms with Crippen molar-refractivity contribution in [2.75, 3.05) is 24.5 Å². The van der Waals surface area contributed by atoms with E-state index in [9.17, 15) is 27.6 Å². The number of alkyl halides is 3. The van der Waals surface area contributed by atoms with E-state index >= 15 is 0 Å². The van der Waals surface area contributed by atoms with Gasteiger partial charge in [-0.25, -0.2) is 9.78 Å². The number of imide groups is 1. The van der Waals surface area contributed by atoms with Crippen LogP contribution < -0.4 is 10.2 Å². The van der Waals surface area contributed by atoms with Crippen molar-refractivity contribution in [3.63, 3.8) is 0 Å². The summed E-state index contributed by atoms with van der Waals surface area (Å²) in [6.45, 7) is 0.845. The summed E-state index contributed by atoms with van der Waals surface area (Å²) in [5, 5.41) is 2.83. The van der Waals surface area contributed by atoms with Crippen LogP contribution in [0.3, 0.4) is 0 Å². The van der Waals surface area contributed by atoms with Crippen molar-refractivity contribution in [2.45, 2.75) is 31.9 Å². The van der Waals surface area contributed by atoms with Crippen LogP contribution in [0.1, 0.15) is 52.0 Å². The van der Waals surface area contributed by atoms with Crippen molar-refractivity contribution in [1.29, 1.82) is 0 Å². The van der Waals surface area contributed by atoms with Gasteiger partial charge in [0.2, 0.25) is 0 Å². The van der Waals surface area contributed by atoms with E-state index < -0.39 is 29.2 Å². The van der Waals surface area contributed by atoms with E-state index in [0.717, 1.165) is 23.5 Å². The highest BCUT2D eigenvalue weighted by molar-refractivity contribution is 6.09. The maximum Gasteiger partial charge on any atom is 0.417 e. The van der Waals surface area contributed by atoms with Crippen LogP contribution >= 0.6 is 0 Å². The smallest absolute Gasteiger partial charge is 0.352 e. The molecule has 2 aromatic rings. The highest BCUT2D eigenvalue weighted by Crippen LogP contribution is 2.33. The maximum atomic E-state index is 13.3. The molecule has 0 atom stereocenters. The first-order valence-corrected chi connectivity index (χ1v) is 10.8. The second-order valence-corrected chi connectivity index (χ2v) is 8.18. The summed E-state index contributed by atoms with van der Waals surface area (Å²) in [4.78, 5) is 44.3. The Morgan fingerprint density at radius 3 is 2.52 bits per heavy atom. The molecule has 1 N–H and O–H groups in total. The third-order valence-corrected chi connectivity index (χ3v) is 5.75. The molecule has 4 amide bonds. The summed E-state index contributed by atoms with van der Waals surface area (Å²) in [6.07, 6.45) is 0.350. The van der Waals surface area contributed by atoms with E-state index in [0.29, 0.717) is 24.4 Å². The lowest BCUT2D eigenvalue weighted by Gasteiger charge is -2.34. The monoisotopic (exact) mass is 460 g/mol. The molecule has 0 spiro atoms. The quantitative estimate of drug-likeness (QED) is 0.704. The van der Waals surface area contributed by atoms with E-state index in [2.05, 4.69) is 10.3 Å². The Balaban J connectivity index is 1.46. The lowest BCUT2D eigenvalue weighted by molar-refractivity contribution is -0.138. The fourth-order valence-electron chi connectivity index (χ4n) is 3.77. The maximum absolute atomic E-state index is 13.3.